The van der Waals surface area contributed by atoms with Crippen molar-refractivity contribution in [2.45, 2.75) is 6.92 Å². The van der Waals surface area contributed by atoms with E-state index in [0.717, 1.165) is 6.08 Å². The predicted molar refractivity (Wildman–Crippen MR) is 58.2 cm³/mol. The molecule has 0 aromatic carbocycles. The lowest BCUT2D eigenvalue weighted by molar-refractivity contribution is -0.437. The van der Waals surface area contributed by atoms with Crippen LogP contribution < -0.4 is 16.5 Å². The summed E-state index contributed by atoms with van der Waals surface area (Å²) < 4.78 is 0. The van der Waals surface area contributed by atoms with Gasteiger partial charge in [0.1, 0.15) is 5.57 Å². The first-order chi connectivity index (χ1) is 7.40. The predicted octanol–water partition coefficient (Wildman–Crippen LogP) is -2.82. The monoisotopic (exact) mass is 224 g/mol. The Morgan fingerprint density at radius 3 is 2.00 bits per heavy atom. The Labute approximate surface area is 92.7 Å². The van der Waals surface area contributed by atoms with Gasteiger partial charge in [-0.2, -0.15) is 0 Å². The molecule has 0 fully saturated rings. The molecule has 0 rings (SSSR count). The highest BCUT2D eigenvalue weighted by molar-refractivity contribution is 6.17. The van der Waals surface area contributed by atoms with Crippen LogP contribution in [0, 0.1) is 0 Å². The van der Waals surface area contributed by atoms with Gasteiger partial charge in [0.25, 0.3) is 5.91 Å². The molecule has 0 aliphatic heterocycles. The smallest absolute Gasteiger partial charge is 0.255 e. The van der Waals surface area contributed by atoms with Crippen LogP contribution in [0.3, 0.4) is 0 Å². The van der Waals surface area contributed by atoms with E-state index in [1.54, 1.807) is 0 Å². The van der Waals surface area contributed by atoms with Gasteiger partial charge in [0.2, 0.25) is 5.91 Å². The Hall–Kier alpha value is -2.24. The number of primary amides is 2. The molecule has 0 aliphatic carbocycles. The standard InChI is InChI=1S/C10H13N3O3/c1-3-7(9(11)15)8(10(12)16)5-13-4-6(2)14/h3,5H,1,4H2,2H3,(H2,11,15)(H2,12,16)/p+1/b8-7-,13-5?. The van der Waals surface area contributed by atoms with Gasteiger partial charge >= 0.3 is 0 Å². The molecule has 0 aliphatic rings. The number of Topliss-reactive ketones (excluding diaryl/α,β-unsaturated/α-hetero) is 1. The van der Waals surface area contributed by atoms with Gasteiger partial charge in [0.05, 0.1) is 5.57 Å². The van der Waals surface area contributed by atoms with Crippen molar-refractivity contribution in [3.8, 4) is 0 Å². The highest BCUT2D eigenvalue weighted by Crippen LogP contribution is 2.01. The van der Waals surface area contributed by atoms with E-state index >= 15 is 0 Å². The molecule has 0 unspecified atom stereocenters. The molecular formula is C10H14N3O3+. The minimum atomic E-state index is -0.829. The maximum Gasteiger partial charge on any atom is 0.255 e. The van der Waals surface area contributed by atoms with Crippen molar-refractivity contribution < 1.29 is 19.4 Å². The van der Waals surface area contributed by atoms with Crippen molar-refractivity contribution in [1.82, 2.24) is 0 Å². The van der Waals surface area contributed by atoms with Crippen LogP contribution in [0.15, 0.2) is 23.8 Å². The third kappa shape index (κ3) is 4.32. The molecule has 0 saturated carbocycles. The van der Waals surface area contributed by atoms with Crippen LogP contribution in [0.2, 0.25) is 0 Å². The Balaban J connectivity index is 5.22. The van der Waals surface area contributed by atoms with Crippen molar-refractivity contribution in [3.05, 3.63) is 23.8 Å². The molecule has 0 atom stereocenters. The quantitative estimate of drug-likeness (QED) is 0.256. The maximum absolute atomic E-state index is 11.0. The van der Waals surface area contributed by atoms with Crippen molar-refractivity contribution in [3.63, 3.8) is 0 Å². The van der Waals surface area contributed by atoms with Gasteiger partial charge < -0.3 is 11.5 Å². The molecule has 0 radical (unpaired) electrons. The zero-order valence-corrected chi connectivity index (χ0v) is 8.95. The second-order valence-electron chi connectivity index (χ2n) is 2.99. The van der Waals surface area contributed by atoms with E-state index in [4.69, 9.17) is 11.5 Å². The number of amides is 2. The highest BCUT2D eigenvalue weighted by Gasteiger charge is 2.15. The van der Waals surface area contributed by atoms with Crippen LogP contribution in [0.5, 0.6) is 0 Å². The molecule has 86 valence electrons. The molecule has 0 aromatic rings. The third-order valence-electron chi connectivity index (χ3n) is 1.62. The molecule has 0 aromatic heterocycles. The van der Waals surface area contributed by atoms with Gasteiger partial charge in [0, 0.05) is 6.92 Å². The summed E-state index contributed by atoms with van der Waals surface area (Å²) >= 11 is 0. The first-order valence-electron chi connectivity index (χ1n) is 4.42. The second kappa shape index (κ2) is 6.28. The van der Waals surface area contributed by atoms with Gasteiger partial charge in [-0.15, -0.1) is 0 Å². The summed E-state index contributed by atoms with van der Waals surface area (Å²) in [6.07, 6.45) is 2.31. The summed E-state index contributed by atoms with van der Waals surface area (Å²) in [7, 11) is 0. The molecule has 6 nitrogen and oxygen atoms in total. The third-order valence-corrected chi connectivity index (χ3v) is 1.62. The molecule has 0 heterocycles. The van der Waals surface area contributed by atoms with Crippen LogP contribution in [0.25, 0.3) is 0 Å². The van der Waals surface area contributed by atoms with E-state index < -0.39 is 11.8 Å². The van der Waals surface area contributed by atoms with E-state index in [2.05, 4.69) is 11.6 Å². The van der Waals surface area contributed by atoms with E-state index in [9.17, 15) is 14.4 Å². The number of hydrogen-bond acceptors (Lipinski definition) is 3. The summed E-state index contributed by atoms with van der Waals surface area (Å²) in [5.74, 6) is -1.77. The van der Waals surface area contributed by atoms with Gasteiger partial charge in [0.15, 0.2) is 18.5 Å². The number of nitrogens with one attached hydrogen (secondary N) is 1. The Morgan fingerprint density at radius 2 is 1.69 bits per heavy atom. The molecular weight excluding hydrogens is 210 g/mol. The van der Waals surface area contributed by atoms with Crippen molar-refractivity contribution in [2.24, 2.45) is 11.5 Å². The number of hydrogen-bond donors (Lipinski definition) is 3. The SMILES string of the molecule is C=C/C(C(N)=O)=C(\C=[NH+]CC(C)=O)C(N)=O. The molecule has 6 heteroatoms. The maximum atomic E-state index is 11.0. The van der Waals surface area contributed by atoms with Crippen molar-refractivity contribution in [1.29, 1.82) is 0 Å². The van der Waals surface area contributed by atoms with Gasteiger partial charge in [-0.05, 0) is 0 Å². The van der Waals surface area contributed by atoms with Gasteiger partial charge in [-0.3, -0.25) is 14.4 Å². The fraction of sp³-hybridized carbons (Fsp3) is 0.200. The van der Waals surface area contributed by atoms with E-state index in [0.29, 0.717) is 0 Å². The number of rotatable bonds is 6. The van der Waals surface area contributed by atoms with Crippen molar-refractivity contribution >= 4 is 23.8 Å². The van der Waals surface area contributed by atoms with Gasteiger partial charge in [-0.25, -0.2) is 4.99 Å². The van der Waals surface area contributed by atoms with E-state index in [-0.39, 0.29) is 23.5 Å². The fourth-order valence-electron chi connectivity index (χ4n) is 0.922. The van der Waals surface area contributed by atoms with Crippen LogP contribution >= 0.6 is 0 Å². The zero-order chi connectivity index (χ0) is 12.7. The minimum absolute atomic E-state index is 0.0277. The lowest BCUT2D eigenvalue weighted by atomic mass is 10.1. The Morgan fingerprint density at radius 1 is 1.19 bits per heavy atom. The minimum Gasteiger partial charge on any atom is -0.366 e. The molecule has 0 spiro atoms. The average molecular weight is 224 g/mol. The molecule has 0 bridgehead atoms. The van der Waals surface area contributed by atoms with Crippen LogP contribution in [-0.2, 0) is 14.4 Å². The summed E-state index contributed by atoms with van der Waals surface area (Å²) in [6, 6.07) is 0. The first-order valence-corrected chi connectivity index (χ1v) is 4.42. The molecule has 0 saturated heterocycles. The number of carbonyl (C=O) groups is 3. The summed E-state index contributed by atoms with van der Waals surface area (Å²) in [5, 5.41) is 0. The largest absolute Gasteiger partial charge is 0.366 e. The lowest BCUT2D eigenvalue weighted by Gasteiger charge is -1.98. The average Bonchev–Trinajstić information content (AvgIpc) is 2.15. The van der Waals surface area contributed by atoms with Crippen LogP contribution in [0.1, 0.15) is 6.92 Å². The lowest BCUT2D eigenvalue weighted by Crippen LogP contribution is -2.71. The summed E-state index contributed by atoms with van der Waals surface area (Å²) in [5.41, 5.74) is 9.88. The zero-order valence-electron chi connectivity index (χ0n) is 8.95. The molecule has 5 N–H and O–H groups in total. The number of nitrogens with two attached hydrogens (primary N) is 2. The molecule has 16 heavy (non-hydrogen) atoms. The van der Waals surface area contributed by atoms with Crippen LogP contribution in [-0.4, -0.2) is 30.4 Å². The summed E-state index contributed by atoms with van der Waals surface area (Å²) in [4.78, 5) is 35.2. The number of ketones is 1. The van der Waals surface area contributed by atoms with E-state index in [1.165, 1.54) is 13.1 Å². The second-order valence-corrected chi connectivity index (χ2v) is 2.99. The van der Waals surface area contributed by atoms with Gasteiger partial charge in [-0.1, -0.05) is 12.7 Å². The Kier molecular flexibility index (Phi) is 5.40. The molecule has 2 amide bonds. The Bertz CT molecular complexity index is 394. The number of carbonyl (C=O) groups excluding carboxylic acids is 3. The fourth-order valence-corrected chi connectivity index (χ4v) is 0.922. The highest BCUT2D eigenvalue weighted by atomic mass is 16.2. The van der Waals surface area contributed by atoms with Crippen LogP contribution in [0.4, 0.5) is 0 Å². The summed E-state index contributed by atoms with van der Waals surface area (Å²) in [6.45, 7) is 4.75. The normalized spacial score (nSPS) is 12.1. The topological polar surface area (TPSA) is 117 Å². The van der Waals surface area contributed by atoms with E-state index in [1.807, 2.05) is 0 Å². The van der Waals surface area contributed by atoms with Crippen molar-refractivity contribution in [2.75, 3.05) is 6.54 Å². The first kappa shape index (κ1) is 13.8.